The number of carbonyl (C=O) groups is 2. The molecule has 8 heteroatoms. The molecule has 4 rings (SSSR count). The molecule has 0 spiro atoms. The number of rotatable bonds is 7. The molecule has 3 heterocycles. The van der Waals surface area contributed by atoms with Gasteiger partial charge in [0.05, 0.1) is 5.56 Å². The predicted molar refractivity (Wildman–Crippen MR) is 123 cm³/mol. The Balaban J connectivity index is 1.31. The van der Waals surface area contributed by atoms with Gasteiger partial charge in [0, 0.05) is 52.0 Å². The number of pyridine rings is 1. The molecule has 2 N–H and O–H groups in total. The highest BCUT2D eigenvalue weighted by Crippen LogP contribution is 2.25. The van der Waals surface area contributed by atoms with Crippen molar-refractivity contribution in [2.75, 3.05) is 57.3 Å². The Hall–Kier alpha value is -3.13. The van der Waals surface area contributed by atoms with Crippen LogP contribution in [0.25, 0.3) is 0 Å². The summed E-state index contributed by atoms with van der Waals surface area (Å²) in [5.74, 6) is 1.29. The van der Waals surface area contributed by atoms with Gasteiger partial charge >= 0.3 is 0 Å². The minimum absolute atomic E-state index is 0.0465. The monoisotopic (exact) mass is 437 g/mol. The van der Waals surface area contributed by atoms with Gasteiger partial charge in [-0.3, -0.25) is 14.5 Å². The average Bonchev–Trinajstić information content (AvgIpc) is 2.84. The summed E-state index contributed by atoms with van der Waals surface area (Å²) in [6, 6.07) is 13.1. The number of hydrogen-bond acceptors (Lipinski definition) is 6. The summed E-state index contributed by atoms with van der Waals surface area (Å²) in [5.41, 5.74) is 5.67. The van der Waals surface area contributed by atoms with Gasteiger partial charge in [-0.1, -0.05) is 18.2 Å². The number of carbonyl (C=O) groups excluding carboxylic acids is 2. The van der Waals surface area contributed by atoms with Gasteiger partial charge in [0.15, 0.2) is 6.61 Å². The van der Waals surface area contributed by atoms with Crippen molar-refractivity contribution in [2.45, 2.75) is 12.8 Å². The Morgan fingerprint density at radius 3 is 2.56 bits per heavy atom. The zero-order chi connectivity index (χ0) is 22.3. The van der Waals surface area contributed by atoms with E-state index in [4.69, 9.17) is 10.5 Å². The van der Waals surface area contributed by atoms with Crippen LogP contribution in [0.3, 0.4) is 0 Å². The first-order chi connectivity index (χ1) is 15.6. The molecule has 0 bridgehead atoms. The van der Waals surface area contributed by atoms with E-state index in [1.807, 2.05) is 29.3 Å². The molecule has 1 atom stereocenters. The van der Waals surface area contributed by atoms with Crippen molar-refractivity contribution in [2.24, 2.45) is 11.7 Å². The molecule has 2 amide bonds. The standard InChI is InChI=1S/C24H31N5O3/c25-22(30)18-32-21-8-2-1-7-20(21)24(31)29-11-5-6-19(17-29)16-27-12-14-28(15-13-27)23-9-3-4-10-26-23/h1-4,7-10,19H,5-6,11-18H2,(H2,25,30). The fourth-order valence-corrected chi connectivity index (χ4v) is 4.55. The molecule has 32 heavy (non-hydrogen) atoms. The Bertz CT molecular complexity index is 915. The molecule has 1 aromatic heterocycles. The molecule has 0 saturated carbocycles. The van der Waals surface area contributed by atoms with Crippen molar-refractivity contribution in [3.63, 3.8) is 0 Å². The van der Waals surface area contributed by atoms with E-state index in [0.717, 1.165) is 64.5 Å². The minimum atomic E-state index is -0.562. The minimum Gasteiger partial charge on any atom is -0.483 e. The van der Waals surface area contributed by atoms with Gasteiger partial charge < -0.3 is 20.3 Å². The third-order valence-corrected chi connectivity index (χ3v) is 6.16. The number of para-hydroxylation sites is 1. The highest BCUT2D eigenvalue weighted by Gasteiger charge is 2.28. The Morgan fingerprint density at radius 1 is 1.03 bits per heavy atom. The fraction of sp³-hybridized carbons (Fsp3) is 0.458. The number of anilines is 1. The number of nitrogens with zero attached hydrogens (tertiary/aromatic N) is 4. The lowest BCUT2D eigenvalue weighted by molar-refractivity contribution is -0.119. The third kappa shape index (κ3) is 5.56. The van der Waals surface area contributed by atoms with Crippen LogP contribution in [0.1, 0.15) is 23.2 Å². The molecule has 0 radical (unpaired) electrons. The highest BCUT2D eigenvalue weighted by atomic mass is 16.5. The van der Waals surface area contributed by atoms with Crippen LogP contribution < -0.4 is 15.4 Å². The molecular formula is C24H31N5O3. The Morgan fingerprint density at radius 2 is 1.81 bits per heavy atom. The van der Waals surface area contributed by atoms with Crippen molar-refractivity contribution < 1.29 is 14.3 Å². The Labute approximate surface area is 188 Å². The number of nitrogens with two attached hydrogens (primary N) is 1. The van der Waals surface area contributed by atoms with E-state index in [1.54, 1.807) is 18.2 Å². The largest absolute Gasteiger partial charge is 0.483 e. The van der Waals surface area contributed by atoms with Crippen molar-refractivity contribution >= 4 is 17.6 Å². The van der Waals surface area contributed by atoms with E-state index in [9.17, 15) is 9.59 Å². The number of likely N-dealkylation sites (tertiary alicyclic amines) is 1. The smallest absolute Gasteiger partial charge is 0.257 e. The highest BCUT2D eigenvalue weighted by molar-refractivity contribution is 5.97. The zero-order valence-corrected chi connectivity index (χ0v) is 18.4. The summed E-state index contributed by atoms with van der Waals surface area (Å²) in [4.78, 5) is 35.5. The van der Waals surface area contributed by atoms with Crippen LogP contribution in [-0.2, 0) is 4.79 Å². The third-order valence-electron chi connectivity index (χ3n) is 6.16. The topological polar surface area (TPSA) is 92.0 Å². The summed E-state index contributed by atoms with van der Waals surface area (Å²) < 4.78 is 5.47. The molecule has 1 unspecified atom stereocenters. The summed E-state index contributed by atoms with van der Waals surface area (Å²) >= 11 is 0. The number of aromatic nitrogens is 1. The maximum absolute atomic E-state index is 13.2. The van der Waals surface area contributed by atoms with E-state index in [2.05, 4.69) is 20.9 Å². The average molecular weight is 438 g/mol. The number of primary amides is 1. The summed E-state index contributed by atoms with van der Waals surface area (Å²) in [6.07, 6.45) is 3.96. The molecular weight excluding hydrogens is 406 g/mol. The van der Waals surface area contributed by atoms with E-state index in [-0.39, 0.29) is 12.5 Å². The van der Waals surface area contributed by atoms with E-state index < -0.39 is 5.91 Å². The summed E-state index contributed by atoms with van der Waals surface area (Å²) in [6.45, 7) is 6.19. The van der Waals surface area contributed by atoms with Gasteiger partial charge in [-0.15, -0.1) is 0 Å². The quantitative estimate of drug-likeness (QED) is 0.708. The first-order valence-electron chi connectivity index (χ1n) is 11.3. The maximum atomic E-state index is 13.2. The second kappa shape index (κ2) is 10.5. The number of piperazine rings is 1. The maximum Gasteiger partial charge on any atom is 0.257 e. The van der Waals surface area contributed by atoms with Crippen LogP contribution in [-0.4, -0.2) is 79.0 Å². The lowest BCUT2D eigenvalue weighted by Gasteiger charge is -2.39. The number of benzene rings is 1. The van der Waals surface area contributed by atoms with E-state index in [1.165, 1.54) is 0 Å². The van der Waals surface area contributed by atoms with E-state index in [0.29, 0.717) is 17.2 Å². The van der Waals surface area contributed by atoms with Crippen LogP contribution >= 0.6 is 0 Å². The number of ether oxygens (including phenoxy) is 1. The second-order valence-electron chi connectivity index (χ2n) is 8.49. The van der Waals surface area contributed by atoms with Crippen LogP contribution in [0.15, 0.2) is 48.7 Å². The first-order valence-corrected chi connectivity index (χ1v) is 11.3. The first kappa shape index (κ1) is 22.1. The van der Waals surface area contributed by atoms with Gasteiger partial charge in [-0.25, -0.2) is 4.98 Å². The molecule has 2 aliphatic heterocycles. The molecule has 0 aliphatic carbocycles. The van der Waals surface area contributed by atoms with Crippen molar-refractivity contribution in [3.05, 3.63) is 54.2 Å². The van der Waals surface area contributed by atoms with Crippen LogP contribution in [0, 0.1) is 5.92 Å². The molecule has 2 fully saturated rings. The number of amides is 2. The molecule has 2 saturated heterocycles. The van der Waals surface area contributed by atoms with Gasteiger partial charge in [-0.05, 0) is 43.0 Å². The lowest BCUT2D eigenvalue weighted by atomic mass is 9.96. The summed E-state index contributed by atoms with van der Waals surface area (Å²) in [5, 5.41) is 0. The van der Waals surface area contributed by atoms with Crippen molar-refractivity contribution in [1.29, 1.82) is 0 Å². The molecule has 170 valence electrons. The fourth-order valence-electron chi connectivity index (χ4n) is 4.55. The van der Waals surface area contributed by atoms with Gasteiger partial charge in [0.2, 0.25) is 0 Å². The van der Waals surface area contributed by atoms with Gasteiger partial charge in [0.1, 0.15) is 11.6 Å². The van der Waals surface area contributed by atoms with Crippen molar-refractivity contribution in [3.8, 4) is 5.75 Å². The van der Waals surface area contributed by atoms with Gasteiger partial charge in [0.25, 0.3) is 11.8 Å². The van der Waals surface area contributed by atoms with Crippen LogP contribution in [0.4, 0.5) is 5.82 Å². The van der Waals surface area contributed by atoms with Crippen LogP contribution in [0.5, 0.6) is 5.75 Å². The molecule has 8 nitrogen and oxygen atoms in total. The van der Waals surface area contributed by atoms with E-state index >= 15 is 0 Å². The molecule has 2 aliphatic rings. The van der Waals surface area contributed by atoms with Crippen LogP contribution in [0.2, 0.25) is 0 Å². The SMILES string of the molecule is NC(=O)COc1ccccc1C(=O)N1CCCC(CN2CCN(c3ccccn3)CC2)C1. The number of piperidine rings is 1. The molecule has 1 aromatic carbocycles. The Kier molecular flexibility index (Phi) is 7.21. The number of hydrogen-bond donors (Lipinski definition) is 1. The lowest BCUT2D eigenvalue weighted by Crippen LogP contribution is -2.50. The predicted octanol–water partition coefficient (Wildman–Crippen LogP) is 1.62. The van der Waals surface area contributed by atoms with Gasteiger partial charge in [-0.2, -0.15) is 0 Å². The zero-order valence-electron chi connectivity index (χ0n) is 18.4. The molecule has 2 aromatic rings. The van der Waals surface area contributed by atoms with Crippen molar-refractivity contribution in [1.82, 2.24) is 14.8 Å². The normalized spacial score (nSPS) is 19.6. The summed E-state index contributed by atoms with van der Waals surface area (Å²) in [7, 11) is 0. The second-order valence-corrected chi connectivity index (χ2v) is 8.49.